The summed E-state index contributed by atoms with van der Waals surface area (Å²) in [6, 6.07) is 21.6. The maximum atomic E-state index is 15.7. The highest BCUT2D eigenvalue weighted by Crippen LogP contribution is 2.51. The summed E-state index contributed by atoms with van der Waals surface area (Å²) in [5.41, 5.74) is 5.00. The van der Waals surface area contributed by atoms with E-state index in [1.807, 2.05) is 35.2 Å². The number of halogens is 2. The molecule has 6 fully saturated rings. The van der Waals surface area contributed by atoms with E-state index < -0.39 is 6.04 Å². The third-order valence-corrected chi connectivity index (χ3v) is 14.9. The third kappa shape index (κ3) is 7.96. The van der Waals surface area contributed by atoms with Crippen molar-refractivity contribution >= 4 is 52.1 Å². The number of piperazine rings is 1. The van der Waals surface area contributed by atoms with E-state index in [2.05, 4.69) is 55.4 Å². The minimum absolute atomic E-state index is 0.0748. The van der Waals surface area contributed by atoms with Gasteiger partial charge in [-0.25, -0.2) is 4.39 Å². The molecule has 3 amide bonds. The van der Waals surface area contributed by atoms with Crippen LogP contribution < -0.4 is 25.3 Å². The number of hydrogen-bond donors (Lipinski definition) is 2. The molecule has 2 spiro atoms. The average molecular weight is 821 g/mol. The van der Waals surface area contributed by atoms with Crippen LogP contribution >= 0.6 is 11.6 Å². The van der Waals surface area contributed by atoms with E-state index >= 15 is 4.39 Å². The highest BCUT2D eigenvalue weighted by molar-refractivity contribution is 6.32. The molecule has 0 radical (unpaired) electrons. The van der Waals surface area contributed by atoms with Crippen LogP contribution in [0.1, 0.15) is 80.6 Å². The van der Waals surface area contributed by atoms with E-state index in [0.29, 0.717) is 65.3 Å². The van der Waals surface area contributed by atoms with Gasteiger partial charge in [-0.2, -0.15) is 5.26 Å². The molecule has 1 saturated carbocycles. The van der Waals surface area contributed by atoms with Crippen LogP contribution in [0.4, 0.5) is 27.1 Å². The van der Waals surface area contributed by atoms with Crippen molar-refractivity contribution in [2.45, 2.75) is 82.8 Å². The summed E-state index contributed by atoms with van der Waals surface area (Å²) in [5.74, 6) is -0.876. The highest BCUT2D eigenvalue weighted by Gasteiger charge is 2.49. The molecule has 6 aliphatic rings. The predicted octanol–water partition coefficient (Wildman–Crippen LogP) is 6.66. The lowest BCUT2D eigenvalue weighted by atomic mass is 9.60. The van der Waals surface area contributed by atoms with Crippen molar-refractivity contribution in [1.29, 1.82) is 5.26 Å². The minimum Gasteiger partial charge on any atom is -0.374 e. The quantitative estimate of drug-likeness (QED) is 0.253. The van der Waals surface area contributed by atoms with Crippen LogP contribution in [0, 0.1) is 28.0 Å². The van der Waals surface area contributed by atoms with Gasteiger partial charge in [-0.3, -0.25) is 24.6 Å². The number of imide groups is 1. The number of likely N-dealkylation sites (tertiary alicyclic amines) is 1. The molecule has 11 nitrogen and oxygen atoms in total. The summed E-state index contributed by atoms with van der Waals surface area (Å²) in [4.78, 5) is 48.9. The molecule has 13 heteroatoms. The number of carbonyl (C=O) groups excluding carboxylic acids is 3. The molecule has 2 N–H and O–H groups in total. The number of nitrogens with zero attached hydrogens (tertiary/aromatic N) is 6. The van der Waals surface area contributed by atoms with Gasteiger partial charge in [0, 0.05) is 100 Å². The maximum absolute atomic E-state index is 15.7. The van der Waals surface area contributed by atoms with Crippen LogP contribution in [0.5, 0.6) is 0 Å². The van der Waals surface area contributed by atoms with Gasteiger partial charge >= 0.3 is 0 Å². The first kappa shape index (κ1) is 39.6. The van der Waals surface area contributed by atoms with Gasteiger partial charge in [0.15, 0.2) is 0 Å². The monoisotopic (exact) mass is 820 g/mol. The van der Waals surface area contributed by atoms with Gasteiger partial charge in [0.25, 0.3) is 5.91 Å². The molecule has 59 heavy (non-hydrogen) atoms. The molecule has 5 heterocycles. The number of anilines is 4. The van der Waals surface area contributed by atoms with Crippen molar-refractivity contribution in [3.63, 3.8) is 0 Å². The van der Waals surface area contributed by atoms with Crippen molar-refractivity contribution in [3.05, 3.63) is 82.6 Å². The topological polar surface area (TPSA) is 115 Å². The molecule has 5 aliphatic heterocycles. The second kappa shape index (κ2) is 16.0. The second-order valence-corrected chi connectivity index (χ2v) is 18.6. The molecule has 0 aromatic heterocycles. The Morgan fingerprint density at radius 1 is 0.864 bits per heavy atom. The van der Waals surface area contributed by atoms with E-state index in [9.17, 15) is 19.6 Å². The molecule has 5 saturated heterocycles. The van der Waals surface area contributed by atoms with Crippen molar-refractivity contribution in [3.8, 4) is 6.07 Å². The van der Waals surface area contributed by atoms with Crippen LogP contribution in [0.3, 0.4) is 0 Å². The summed E-state index contributed by atoms with van der Waals surface area (Å²) in [6.45, 7) is 10.0. The average Bonchev–Trinajstić information content (AvgIpc) is 3.56. The van der Waals surface area contributed by atoms with Crippen molar-refractivity contribution < 1.29 is 18.8 Å². The standard InChI is InChI=1S/C46H54ClFN8O3/c1-31-26-46(30-56(31)36-7-5-33(29-49)38(47)25-36)13-15-54(16-14-46)41-9-6-32(23-39(41)48)44(59)55-17-11-45(12-18-55)27-37(28-45)53-21-19-52(20-22-53)35-4-2-3-34(24-35)50-40-8-10-42(57)51-43(40)58/h2-7,9,23-25,31,37,40,50H,8,10-22,26-28,30H2,1H3,(H,51,57,58)/t31-,40-/m1/s1. The number of amides is 3. The van der Waals surface area contributed by atoms with Crippen LogP contribution in [0.15, 0.2) is 60.7 Å². The van der Waals surface area contributed by atoms with Crippen molar-refractivity contribution in [1.82, 2.24) is 15.1 Å². The first-order valence-electron chi connectivity index (χ1n) is 21.5. The molecule has 9 rings (SSSR count). The molecular weight excluding hydrogens is 767 g/mol. The molecule has 310 valence electrons. The Balaban J connectivity index is 0.721. The molecular formula is C46H54ClFN8O3. The Labute approximate surface area is 351 Å². The Morgan fingerprint density at radius 2 is 1.61 bits per heavy atom. The first-order chi connectivity index (χ1) is 28.5. The van der Waals surface area contributed by atoms with Gasteiger partial charge in [-0.05, 0) is 124 Å². The molecule has 2 atom stereocenters. The lowest BCUT2D eigenvalue weighted by molar-refractivity contribution is -0.133. The first-order valence-corrected chi connectivity index (χ1v) is 21.9. The van der Waals surface area contributed by atoms with Gasteiger partial charge in [0.05, 0.1) is 16.3 Å². The predicted molar refractivity (Wildman–Crippen MR) is 228 cm³/mol. The lowest BCUT2D eigenvalue weighted by Crippen LogP contribution is -2.59. The zero-order valence-corrected chi connectivity index (χ0v) is 34.7. The summed E-state index contributed by atoms with van der Waals surface area (Å²) >= 11 is 6.37. The number of benzene rings is 3. The van der Waals surface area contributed by atoms with Gasteiger partial charge in [0.1, 0.15) is 17.9 Å². The van der Waals surface area contributed by atoms with E-state index in [-0.39, 0.29) is 29.0 Å². The van der Waals surface area contributed by atoms with Crippen LogP contribution in [-0.4, -0.2) is 105 Å². The minimum atomic E-state index is -0.399. The summed E-state index contributed by atoms with van der Waals surface area (Å²) in [5, 5.41) is 15.5. The number of nitriles is 1. The number of rotatable bonds is 7. The maximum Gasteiger partial charge on any atom is 0.253 e. The van der Waals surface area contributed by atoms with E-state index in [1.54, 1.807) is 12.1 Å². The normalized spacial score (nSPS) is 24.6. The molecule has 0 bridgehead atoms. The van der Waals surface area contributed by atoms with Crippen molar-refractivity contribution in [2.75, 3.05) is 78.9 Å². The Hall–Kier alpha value is -4.86. The van der Waals surface area contributed by atoms with E-state index in [4.69, 9.17) is 11.6 Å². The number of carbonyl (C=O) groups is 3. The van der Waals surface area contributed by atoms with Gasteiger partial charge in [0.2, 0.25) is 11.8 Å². The summed E-state index contributed by atoms with van der Waals surface area (Å²) in [6.07, 6.45) is 8.17. The fourth-order valence-corrected chi connectivity index (χ4v) is 11.3. The van der Waals surface area contributed by atoms with Crippen LogP contribution in [0.2, 0.25) is 5.02 Å². The number of hydrogen-bond acceptors (Lipinski definition) is 9. The van der Waals surface area contributed by atoms with Crippen LogP contribution in [0.25, 0.3) is 0 Å². The Bertz CT molecular complexity index is 2150. The number of nitrogens with one attached hydrogen (secondary N) is 2. The highest BCUT2D eigenvalue weighted by atomic mass is 35.5. The smallest absolute Gasteiger partial charge is 0.253 e. The number of piperidine rings is 3. The third-order valence-electron chi connectivity index (χ3n) is 14.6. The second-order valence-electron chi connectivity index (χ2n) is 18.2. The zero-order chi connectivity index (χ0) is 40.9. The Kier molecular flexibility index (Phi) is 10.7. The summed E-state index contributed by atoms with van der Waals surface area (Å²) < 4.78 is 15.7. The molecule has 3 aromatic carbocycles. The summed E-state index contributed by atoms with van der Waals surface area (Å²) in [7, 11) is 0. The lowest BCUT2D eigenvalue weighted by Gasteiger charge is -2.56. The zero-order valence-electron chi connectivity index (χ0n) is 33.9. The SMILES string of the molecule is C[C@@H]1CC2(CCN(c3ccc(C(=O)N4CCC5(CC4)CC(N4CCN(c6cccc(N[C@@H]7CCC(=O)NC7=O)c6)CC4)C5)cc3F)CC2)CN1c1ccc(C#N)c(Cl)c1. The fraction of sp³-hybridized carbons (Fsp3) is 0.522. The fourth-order valence-electron chi connectivity index (χ4n) is 11.1. The van der Waals surface area contributed by atoms with Crippen LogP contribution in [-0.2, 0) is 9.59 Å². The molecule has 3 aromatic rings. The van der Waals surface area contributed by atoms with Gasteiger partial charge in [-0.15, -0.1) is 0 Å². The van der Waals surface area contributed by atoms with Crippen molar-refractivity contribution in [2.24, 2.45) is 10.8 Å². The molecule has 0 unspecified atom stereocenters. The van der Waals surface area contributed by atoms with E-state index in [1.165, 1.54) is 18.9 Å². The largest absolute Gasteiger partial charge is 0.374 e. The van der Waals surface area contributed by atoms with E-state index in [0.717, 1.165) is 95.0 Å². The van der Waals surface area contributed by atoms with Gasteiger partial charge < -0.3 is 24.9 Å². The van der Waals surface area contributed by atoms with Gasteiger partial charge in [-0.1, -0.05) is 17.7 Å². The molecule has 1 aliphatic carbocycles. The Morgan fingerprint density at radius 3 is 2.31 bits per heavy atom.